The Kier molecular flexibility index (Phi) is 7.41. The second-order valence-corrected chi connectivity index (χ2v) is 14.3. The normalized spacial score (nSPS) is 11.5. The molecule has 0 saturated carbocycles. The summed E-state index contributed by atoms with van der Waals surface area (Å²) >= 11 is 1.86. The Balaban J connectivity index is 1.35. The summed E-state index contributed by atoms with van der Waals surface area (Å²) < 4.78 is 2.60. The first-order valence-electron chi connectivity index (χ1n) is 17.8. The molecule has 1 nitrogen and oxygen atoms in total. The Morgan fingerprint density at radius 2 is 0.904 bits per heavy atom. The molecule has 0 atom stereocenters. The van der Waals surface area contributed by atoms with Gasteiger partial charge in [-0.2, -0.15) is 0 Å². The van der Waals surface area contributed by atoms with Gasteiger partial charge in [-0.1, -0.05) is 164 Å². The summed E-state index contributed by atoms with van der Waals surface area (Å²) in [5.74, 6) is 0. The predicted molar refractivity (Wildman–Crippen MR) is 225 cm³/mol. The largest absolute Gasteiger partial charge is 0.309 e. The van der Waals surface area contributed by atoms with E-state index in [1.807, 2.05) is 11.3 Å². The van der Waals surface area contributed by atoms with Crippen LogP contribution in [0.4, 0.5) is 17.1 Å². The van der Waals surface area contributed by atoms with Crippen molar-refractivity contribution in [3.8, 4) is 33.4 Å². The maximum absolute atomic E-state index is 2.52. The van der Waals surface area contributed by atoms with E-state index in [4.69, 9.17) is 0 Å². The van der Waals surface area contributed by atoms with Crippen LogP contribution in [0.2, 0.25) is 0 Å². The van der Waals surface area contributed by atoms with E-state index in [9.17, 15) is 0 Å². The summed E-state index contributed by atoms with van der Waals surface area (Å²) in [5, 5.41) is 7.50. The van der Waals surface area contributed by atoms with Crippen LogP contribution in [0.25, 0.3) is 75.1 Å². The van der Waals surface area contributed by atoms with Gasteiger partial charge in [0.2, 0.25) is 0 Å². The van der Waals surface area contributed by atoms with Crippen LogP contribution in [0.5, 0.6) is 0 Å². The molecule has 10 rings (SSSR count). The van der Waals surface area contributed by atoms with Crippen molar-refractivity contribution in [2.45, 2.75) is 0 Å². The van der Waals surface area contributed by atoms with Gasteiger partial charge in [-0.3, -0.25) is 0 Å². The molecule has 0 unspecified atom stereocenters. The first-order chi connectivity index (χ1) is 25.8. The Morgan fingerprint density at radius 1 is 0.327 bits per heavy atom. The number of rotatable bonds is 6. The molecule has 1 heterocycles. The van der Waals surface area contributed by atoms with Gasteiger partial charge in [0, 0.05) is 36.8 Å². The van der Waals surface area contributed by atoms with E-state index in [2.05, 4.69) is 205 Å². The highest BCUT2D eigenvalue weighted by molar-refractivity contribution is 7.25. The summed E-state index contributed by atoms with van der Waals surface area (Å²) in [5.41, 5.74) is 10.6. The summed E-state index contributed by atoms with van der Waals surface area (Å²) in [6, 6.07) is 73.1. The van der Waals surface area contributed by atoms with Gasteiger partial charge < -0.3 is 4.90 Å². The highest BCUT2D eigenvalue weighted by atomic mass is 32.1. The minimum atomic E-state index is 1.13. The average Bonchev–Trinajstić information content (AvgIpc) is 3.60. The molecule has 10 aromatic rings. The van der Waals surface area contributed by atoms with Crippen LogP contribution >= 0.6 is 11.3 Å². The van der Waals surface area contributed by atoms with Gasteiger partial charge >= 0.3 is 0 Å². The molecule has 0 aliphatic carbocycles. The van der Waals surface area contributed by atoms with Crippen molar-refractivity contribution in [3.05, 3.63) is 200 Å². The Hall–Kier alpha value is -6.48. The third-order valence-corrected chi connectivity index (χ3v) is 11.4. The molecule has 0 saturated heterocycles. The quantitative estimate of drug-likeness (QED) is 0.158. The average molecular weight is 680 g/mol. The molecule has 2 heteroatoms. The van der Waals surface area contributed by atoms with Gasteiger partial charge in [-0.25, -0.2) is 0 Å². The third kappa shape index (κ3) is 5.07. The van der Waals surface area contributed by atoms with Crippen molar-refractivity contribution in [2.75, 3.05) is 4.90 Å². The second kappa shape index (κ2) is 12.7. The van der Waals surface area contributed by atoms with Gasteiger partial charge in [-0.15, -0.1) is 11.3 Å². The van der Waals surface area contributed by atoms with Crippen LogP contribution in [0, 0.1) is 0 Å². The molecule has 0 amide bonds. The van der Waals surface area contributed by atoms with E-state index in [-0.39, 0.29) is 0 Å². The number of nitrogens with zero attached hydrogens (tertiary/aromatic N) is 1. The fourth-order valence-electron chi connectivity index (χ4n) is 7.92. The predicted octanol–water partition coefficient (Wildman–Crippen LogP) is 14.8. The highest BCUT2D eigenvalue weighted by Crippen LogP contribution is 2.50. The van der Waals surface area contributed by atoms with Crippen LogP contribution in [-0.2, 0) is 0 Å². The van der Waals surface area contributed by atoms with Crippen LogP contribution in [0.3, 0.4) is 0 Å². The molecule has 0 aliphatic rings. The monoisotopic (exact) mass is 679 g/mol. The molecular formula is C50H33NS. The first kappa shape index (κ1) is 30.4. The molecule has 52 heavy (non-hydrogen) atoms. The molecule has 0 aliphatic heterocycles. The minimum Gasteiger partial charge on any atom is -0.309 e. The van der Waals surface area contributed by atoms with Gasteiger partial charge in [0.25, 0.3) is 0 Å². The van der Waals surface area contributed by atoms with Crippen LogP contribution < -0.4 is 4.90 Å². The lowest BCUT2D eigenvalue weighted by molar-refractivity contribution is 1.31. The molecule has 244 valence electrons. The summed E-state index contributed by atoms with van der Waals surface area (Å²) in [4.78, 5) is 2.52. The van der Waals surface area contributed by atoms with Crippen molar-refractivity contribution in [1.82, 2.24) is 0 Å². The smallest absolute Gasteiger partial charge is 0.0546 e. The number of benzene rings is 9. The molecule has 1 aromatic heterocycles. The standard InChI is InChI=1S/C50H33NS/c1-3-16-34(17-4-1)38-21-9-12-26-44(38)50-40(35-18-5-2-6-19-35)27-15-28-46(50)51(37-30-31-49-45(33-37)43-25-13-14-29-48(43)52-49)47-32-36-20-7-8-22-39(36)41-23-10-11-24-42(41)47/h1-33H. The molecular weight excluding hydrogens is 647 g/mol. The topological polar surface area (TPSA) is 3.24 Å². The summed E-state index contributed by atoms with van der Waals surface area (Å²) in [6.07, 6.45) is 0. The van der Waals surface area contributed by atoms with Crippen molar-refractivity contribution < 1.29 is 0 Å². The maximum atomic E-state index is 2.52. The van der Waals surface area contributed by atoms with E-state index in [0.717, 1.165) is 17.1 Å². The molecule has 0 bridgehead atoms. The van der Waals surface area contributed by atoms with Crippen molar-refractivity contribution in [3.63, 3.8) is 0 Å². The summed E-state index contributed by atoms with van der Waals surface area (Å²) in [6.45, 7) is 0. The highest BCUT2D eigenvalue weighted by Gasteiger charge is 2.25. The van der Waals surface area contributed by atoms with E-state index in [1.54, 1.807) is 0 Å². The molecule has 9 aromatic carbocycles. The zero-order chi connectivity index (χ0) is 34.4. The fraction of sp³-hybridized carbons (Fsp3) is 0. The van der Waals surface area contributed by atoms with Crippen molar-refractivity contribution in [1.29, 1.82) is 0 Å². The number of fused-ring (bicyclic) bond motifs is 6. The summed E-state index contributed by atoms with van der Waals surface area (Å²) in [7, 11) is 0. The fourth-order valence-corrected chi connectivity index (χ4v) is 9.01. The van der Waals surface area contributed by atoms with E-state index >= 15 is 0 Å². The second-order valence-electron chi connectivity index (χ2n) is 13.3. The zero-order valence-electron chi connectivity index (χ0n) is 28.4. The Labute approximate surface area is 307 Å². The number of thiophene rings is 1. The Bertz CT molecular complexity index is 2910. The zero-order valence-corrected chi connectivity index (χ0v) is 29.2. The molecule has 0 N–H and O–H groups in total. The van der Waals surface area contributed by atoms with Gasteiger partial charge in [-0.05, 0) is 80.4 Å². The van der Waals surface area contributed by atoms with E-state index in [1.165, 1.54) is 75.1 Å². The number of hydrogen-bond donors (Lipinski definition) is 0. The SMILES string of the molecule is c1ccc(-c2ccccc2-c2c(-c3ccccc3)cccc2N(c2ccc3sc4ccccc4c3c2)c2cc3ccccc3c3ccccc23)cc1. The molecule has 0 radical (unpaired) electrons. The lowest BCUT2D eigenvalue weighted by atomic mass is 9.87. The van der Waals surface area contributed by atoms with E-state index in [0.29, 0.717) is 0 Å². The van der Waals surface area contributed by atoms with Crippen LogP contribution in [0.15, 0.2) is 200 Å². The number of hydrogen-bond acceptors (Lipinski definition) is 2. The minimum absolute atomic E-state index is 1.13. The first-order valence-corrected chi connectivity index (χ1v) is 18.6. The van der Waals surface area contributed by atoms with Gasteiger partial charge in [0.05, 0.1) is 11.4 Å². The molecule has 0 fully saturated rings. The van der Waals surface area contributed by atoms with Crippen molar-refractivity contribution in [2.24, 2.45) is 0 Å². The maximum Gasteiger partial charge on any atom is 0.0546 e. The molecule has 0 spiro atoms. The van der Waals surface area contributed by atoms with Gasteiger partial charge in [0.1, 0.15) is 0 Å². The number of anilines is 3. The van der Waals surface area contributed by atoms with Crippen molar-refractivity contribution >= 4 is 70.1 Å². The Morgan fingerprint density at radius 3 is 1.69 bits per heavy atom. The lowest BCUT2D eigenvalue weighted by Gasteiger charge is -2.31. The lowest BCUT2D eigenvalue weighted by Crippen LogP contribution is -2.12. The van der Waals surface area contributed by atoms with Crippen LogP contribution in [0.1, 0.15) is 0 Å². The van der Waals surface area contributed by atoms with E-state index < -0.39 is 0 Å². The van der Waals surface area contributed by atoms with Crippen LogP contribution in [-0.4, -0.2) is 0 Å². The third-order valence-electron chi connectivity index (χ3n) is 10.3. The van der Waals surface area contributed by atoms with Gasteiger partial charge in [0.15, 0.2) is 0 Å².